The number of pyridine rings is 8. The molecule has 0 aliphatic rings. The van der Waals surface area contributed by atoms with Crippen LogP contribution >= 0.6 is 0 Å². The van der Waals surface area contributed by atoms with Crippen molar-refractivity contribution in [1.82, 2.24) is 39.9 Å². The Morgan fingerprint density at radius 2 is 0.604 bits per heavy atom. The third kappa shape index (κ3) is 31.9. The van der Waals surface area contributed by atoms with Gasteiger partial charge >= 0.3 is 0 Å². The summed E-state index contributed by atoms with van der Waals surface area (Å²) in [6.45, 7) is 23.8. The summed E-state index contributed by atoms with van der Waals surface area (Å²) in [5.74, 6) is 0.677. The maximum atomic E-state index is 5.97. The molecule has 20 rings (SSSR count). The molecular formula is C121H104Ir4N8O-8. The topological polar surface area (TPSA) is 116 Å². The van der Waals surface area contributed by atoms with Gasteiger partial charge in [0.2, 0.25) is 0 Å². The maximum Gasteiger partial charge on any atom is 0.120 e. The Morgan fingerprint density at radius 3 is 0.985 bits per heavy atom. The first-order chi connectivity index (χ1) is 63.3. The second-order valence-electron chi connectivity index (χ2n) is 33.4. The van der Waals surface area contributed by atoms with Crippen molar-refractivity contribution in [3.8, 4) is 112 Å². The van der Waals surface area contributed by atoms with E-state index in [2.05, 4.69) is 277 Å². The Bertz CT molecular complexity index is 6640. The summed E-state index contributed by atoms with van der Waals surface area (Å²) in [6.07, 6.45) is 16.0. The fourth-order valence-corrected chi connectivity index (χ4v) is 13.7. The summed E-state index contributed by atoms with van der Waals surface area (Å²) in [6, 6.07) is 147. The number of rotatable bonds is 12. The van der Waals surface area contributed by atoms with E-state index in [0.717, 1.165) is 118 Å². The maximum absolute atomic E-state index is 5.97. The Morgan fingerprint density at radius 1 is 0.261 bits per heavy atom. The Hall–Kier alpha value is -13.0. The quantitative estimate of drug-likeness (QED) is 0.110. The first-order valence-electron chi connectivity index (χ1n) is 43.6. The van der Waals surface area contributed by atoms with E-state index in [9.17, 15) is 0 Å². The van der Waals surface area contributed by atoms with Crippen LogP contribution in [-0.2, 0) is 97.7 Å². The predicted octanol–water partition coefficient (Wildman–Crippen LogP) is 30.3. The van der Waals surface area contributed by atoms with Crippen LogP contribution in [0, 0.1) is 75.2 Å². The van der Waals surface area contributed by atoms with Gasteiger partial charge in [-0.15, -0.1) is 268 Å². The van der Waals surface area contributed by atoms with Crippen LogP contribution in [0.1, 0.15) is 88.8 Å². The van der Waals surface area contributed by atoms with Gasteiger partial charge in [0.05, 0.1) is 5.58 Å². The van der Waals surface area contributed by atoms with Gasteiger partial charge in [0.25, 0.3) is 0 Å². The smallest absolute Gasteiger partial charge is 0.120 e. The molecule has 13 heteroatoms. The molecule has 9 nitrogen and oxygen atoms in total. The zero-order valence-corrected chi connectivity index (χ0v) is 86.4. The average Bonchev–Trinajstić information content (AvgIpc) is 1.62. The molecule has 0 aliphatic carbocycles. The van der Waals surface area contributed by atoms with E-state index in [1.165, 1.54) is 55.6 Å². The molecule has 0 spiro atoms. The van der Waals surface area contributed by atoms with Crippen LogP contribution < -0.4 is 0 Å². The number of aryl methyl sites for hydroxylation is 3. The number of furan rings is 1. The number of hydrogen-bond acceptors (Lipinski definition) is 9. The number of nitrogens with zero attached hydrogens (tertiary/aromatic N) is 8. The van der Waals surface area contributed by atoms with E-state index >= 15 is 0 Å². The van der Waals surface area contributed by atoms with E-state index < -0.39 is 0 Å². The monoisotopic (exact) mass is 2460 g/mol. The van der Waals surface area contributed by atoms with Crippen LogP contribution in [0.5, 0.6) is 0 Å². The zero-order valence-electron chi connectivity index (χ0n) is 76.9. The molecule has 0 saturated carbocycles. The van der Waals surface area contributed by atoms with Crippen molar-refractivity contribution in [2.45, 2.75) is 93.4 Å². The predicted molar refractivity (Wildman–Crippen MR) is 536 cm³/mol. The molecule has 0 unspecified atom stereocenters. The normalized spacial score (nSPS) is 10.4. The molecule has 0 fully saturated rings. The molecule has 4 radical (unpaired) electrons. The molecule has 0 amide bonds. The molecule has 0 saturated heterocycles. The fraction of sp³-hybridized carbons (Fsp3) is 0.124. The minimum absolute atomic E-state index is 0. The molecule has 0 atom stereocenters. The fourth-order valence-electron chi connectivity index (χ4n) is 13.7. The van der Waals surface area contributed by atoms with Gasteiger partial charge in [-0.05, 0) is 164 Å². The number of para-hydroxylation sites is 1. The van der Waals surface area contributed by atoms with Crippen LogP contribution in [-0.4, -0.2) is 39.9 Å². The Labute approximate surface area is 846 Å². The van der Waals surface area contributed by atoms with Gasteiger partial charge in [0.15, 0.2) is 0 Å². The summed E-state index contributed by atoms with van der Waals surface area (Å²) in [4.78, 5) is 35.1. The summed E-state index contributed by atoms with van der Waals surface area (Å²) >= 11 is 0. The number of fused-ring (bicyclic) bond motifs is 3. The van der Waals surface area contributed by atoms with Gasteiger partial charge < -0.3 is 44.3 Å². The second kappa shape index (κ2) is 53.6. The molecule has 20 aromatic rings. The minimum Gasteiger partial charge on any atom is -0.501 e. The van der Waals surface area contributed by atoms with E-state index in [1.54, 1.807) is 12.4 Å². The van der Waals surface area contributed by atoms with Crippen molar-refractivity contribution in [1.29, 1.82) is 0 Å². The Balaban J connectivity index is 0.000000172. The van der Waals surface area contributed by atoms with Gasteiger partial charge in [-0.1, -0.05) is 230 Å². The van der Waals surface area contributed by atoms with E-state index in [0.29, 0.717) is 5.92 Å². The second-order valence-corrected chi connectivity index (χ2v) is 33.4. The Kier molecular flexibility index (Phi) is 41.9. The zero-order chi connectivity index (χ0) is 90.7. The standard InChI is InChI=1S/C21H20N.C18H14N.C17H10NO.2C15H16N.2C12H10N.C11H8N.4Ir/c1-21(2,3)19-12-13-22-20(15-19)18-11-7-10-17(14-18)16-8-5-4-6-9-16;1-14-10-11-18(19-13-14)17-9-5-8-16(12-17)15-6-3-2-4-7-15;1-2-10-16-12(6-1)13-7-5-8-14(17(13)19-16)15-9-3-4-11-18-15;1-15(2,3)13-9-10-16-14(11-13)12-7-5-4-6-8-12;1-12(2)10-13-8-9-15(16-11-13)14-6-4-3-5-7-14;2*1-10-7-8-12(13-9-10)11-5-3-2-4-6-11;1-2-6-10(7-3-1)11-8-4-5-9-12-11;;;;/h4-10,12-15H,1-3H3;2-8,10-13H,1H3;1-7,9-11H;4-7,9-11H,1-3H3;3-6,8-9,11-12H,10H2,1-2H3;2*2-5,7-9H,1H3;1-6,8-9H;;;;/q8*-1;;;;. The molecule has 11 aromatic carbocycles. The van der Waals surface area contributed by atoms with Crippen molar-refractivity contribution < 1.29 is 84.8 Å². The van der Waals surface area contributed by atoms with Crippen LogP contribution in [0.25, 0.3) is 134 Å². The van der Waals surface area contributed by atoms with Crippen LogP contribution in [0.3, 0.4) is 0 Å². The number of benzene rings is 11. The van der Waals surface area contributed by atoms with Gasteiger partial charge in [-0.3, -0.25) is 0 Å². The van der Waals surface area contributed by atoms with Crippen LogP contribution in [0.15, 0.2) is 418 Å². The summed E-state index contributed by atoms with van der Waals surface area (Å²) < 4.78 is 5.97. The SMILES string of the molecule is CC(C)(C)c1ccnc(-c2[c-]ccc(-c3ccccc3)c2)c1.CC(C)(C)c1ccnc(-c2[c-]cccc2)c1.CC(C)Cc1ccc(-c2[c-]cccc2)nc1.Cc1ccc(-c2[c-]ccc(-c3ccccc3)c2)nc1.Cc1ccc(-c2[c-]cccc2)nc1.Cc1ccc(-c2[c-]cccc2)nc1.[Ir].[Ir].[Ir].[Ir].[c-]1ccc2c(oc3ccccc32)c1-c1ccccn1.[c-]1ccccc1-c1ccccn1. The molecule has 134 heavy (non-hydrogen) atoms. The number of aromatic nitrogens is 8. The molecular weight excluding hydrogens is 2350 g/mol. The molecule has 0 bridgehead atoms. The summed E-state index contributed by atoms with van der Waals surface area (Å²) in [5.41, 5.74) is 30.2. The summed E-state index contributed by atoms with van der Waals surface area (Å²) in [5, 5.41) is 2.23. The minimum atomic E-state index is 0. The van der Waals surface area contributed by atoms with Gasteiger partial charge in [-0.2, -0.15) is 0 Å². The van der Waals surface area contributed by atoms with E-state index in [1.807, 2.05) is 288 Å². The third-order valence-corrected chi connectivity index (χ3v) is 20.7. The molecule has 0 N–H and O–H groups in total. The third-order valence-electron chi connectivity index (χ3n) is 20.7. The van der Waals surface area contributed by atoms with Gasteiger partial charge in [0.1, 0.15) is 5.58 Å². The first-order valence-corrected chi connectivity index (χ1v) is 43.6. The first kappa shape index (κ1) is 105. The van der Waals surface area contributed by atoms with Crippen LogP contribution in [0.2, 0.25) is 0 Å². The van der Waals surface area contributed by atoms with Gasteiger partial charge in [0, 0.05) is 135 Å². The summed E-state index contributed by atoms with van der Waals surface area (Å²) in [7, 11) is 0. The largest absolute Gasteiger partial charge is 0.501 e. The molecule has 678 valence electrons. The average molecular weight is 2460 g/mol. The van der Waals surface area contributed by atoms with Crippen molar-refractivity contribution in [2.24, 2.45) is 5.92 Å². The van der Waals surface area contributed by atoms with Crippen molar-refractivity contribution in [2.75, 3.05) is 0 Å². The van der Waals surface area contributed by atoms with Crippen molar-refractivity contribution >= 4 is 21.9 Å². The molecule has 9 aromatic heterocycles. The molecule has 9 heterocycles. The molecule has 0 aliphatic heterocycles. The van der Waals surface area contributed by atoms with Gasteiger partial charge in [-0.25, -0.2) is 0 Å². The number of hydrogen-bond donors (Lipinski definition) is 0. The van der Waals surface area contributed by atoms with Crippen molar-refractivity contribution in [3.63, 3.8) is 0 Å². The van der Waals surface area contributed by atoms with Crippen LogP contribution in [0.4, 0.5) is 0 Å². The van der Waals surface area contributed by atoms with E-state index in [4.69, 9.17) is 4.42 Å². The van der Waals surface area contributed by atoms with E-state index in [-0.39, 0.29) is 91.3 Å². The van der Waals surface area contributed by atoms with Crippen molar-refractivity contribution in [3.05, 3.63) is 495 Å².